The molecule has 0 saturated carbocycles. The number of benzene rings is 1. The average molecular weight is 327 g/mol. The molecular formula is C16H13N3OS2. The maximum absolute atomic E-state index is 12.5. The zero-order valence-corrected chi connectivity index (χ0v) is 13.4. The van der Waals surface area contributed by atoms with E-state index < -0.39 is 0 Å². The maximum Gasteiger partial charge on any atom is 0.237 e. The Bertz CT molecular complexity index is 742. The quantitative estimate of drug-likeness (QED) is 0.810. The number of anilines is 1. The van der Waals surface area contributed by atoms with Crippen molar-refractivity contribution < 1.29 is 4.79 Å². The molecule has 0 unspecified atom stereocenters. The Hall–Kier alpha value is -1.97. The van der Waals surface area contributed by atoms with Crippen LogP contribution in [0, 0.1) is 11.3 Å². The highest BCUT2D eigenvalue weighted by Crippen LogP contribution is 2.34. The summed E-state index contributed by atoms with van der Waals surface area (Å²) in [6, 6.07) is 13.4. The lowest BCUT2D eigenvalue weighted by Crippen LogP contribution is -2.36. The molecule has 2 aromatic rings. The third-order valence-corrected chi connectivity index (χ3v) is 5.19. The number of thioether (sulfide) groups is 2. The fraction of sp³-hybridized carbons (Fsp3) is 0.188. The molecule has 22 heavy (non-hydrogen) atoms. The number of amides is 1. The maximum atomic E-state index is 12.5. The molecule has 2 heterocycles. The van der Waals surface area contributed by atoms with Gasteiger partial charge in [-0.3, -0.25) is 4.79 Å². The summed E-state index contributed by atoms with van der Waals surface area (Å²) in [4.78, 5) is 19.7. The Morgan fingerprint density at radius 1 is 1.41 bits per heavy atom. The topological polar surface area (TPSA) is 57.0 Å². The summed E-state index contributed by atoms with van der Waals surface area (Å²) in [5.41, 5.74) is 1.55. The molecule has 3 rings (SSSR count). The van der Waals surface area contributed by atoms with E-state index in [0.717, 1.165) is 22.9 Å². The van der Waals surface area contributed by atoms with Gasteiger partial charge in [0.25, 0.3) is 0 Å². The van der Waals surface area contributed by atoms with Gasteiger partial charge < -0.3 is 4.90 Å². The SMILES string of the molecule is N#Cc1ccnc(SCC(=O)N2CCSc3ccccc32)c1. The first-order valence-corrected chi connectivity index (χ1v) is 8.76. The van der Waals surface area contributed by atoms with Crippen molar-refractivity contribution in [3.63, 3.8) is 0 Å². The van der Waals surface area contributed by atoms with Crippen molar-refractivity contribution in [3.05, 3.63) is 48.2 Å². The highest BCUT2D eigenvalue weighted by molar-refractivity contribution is 8.00. The van der Waals surface area contributed by atoms with Gasteiger partial charge in [-0.1, -0.05) is 23.9 Å². The molecular weight excluding hydrogens is 314 g/mol. The first-order chi connectivity index (χ1) is 10.8. The first-order valence-electron chi connectivity index (χ1n) is 6.79. The summed E-state index contributed by atoms with van der Waals surface area (Å²) in [6.45, 7) is 0.729. The second kappa shape index (κ2) is 6.86. The van der Waals surface area contributed by atoms with Gasteiger partial charge in [-0.15, -0.1) is 11.8 Å². The van der Waals surface area contributed by atoms with Crippen molar-refractivity contribution in [2.45, 2.75) is 9.92 Å². The number of para-hydroxylation sites is 1. The molecule has 1 amide bonds. The molecule has 1 aliphatic rings. The predicted molar refractivity (Wildman–Crippen MR) is 89.2 cm³/mol. The van der Waals surface area contributed by atoms with Gasteiger partial charge in [-0.05, 0) is 24.3 Å². The molecule has 0 fully saturated rings. The molecule has 0 bridgehead atoms. The first kappa shape index (κ1) is 14.9. The van der Waals surface area contributed by atoms with E-state index in [2.05, 4.69) is 11.1 Å². The third kappa shape index (κ3) is 3.26. The van der Waals surface area contributed by atoms with Gasteiger partial charge in [0, 0.05) is 23.4 Å². The van der Waals surface area contributed by atoms with Crippen LogP contribution in [0.5, 0.6) is 0 Å². The Balaban J connectivity index is 1.69. The summed E-state index contributed by atoms with van der Waals surface area (Å²) >= 11 is 3.15. The number of hydrogen-bond donors (Lipinski definition) is 0. The molecule has 1 aromatic carbocycles. The van der Waals surface area contributed by atoms with Gasteiger partial charge in [0.1, 0.15) is 0 Å². The number of pyridine rings is 1. The zero-order valence-electron chi connectivity index (χ0n) is 11.7. The standard InChI is InChI=1S/C16H13N3OS2/c17-10-12-5-6-18-15(9-12)22-11-16(20)19-7-8-21-14-4-2-1-3-13(14)19/h1-6,9H,7-8,11H2. The zero-order chi connectivity index (χ0) is 15.4. The van der Waals surface area contributed by atoms with Crippen LogP contribution in [0.15, 0.2) is 52.5 Å². The number of hydrogen-bond acceptors (Lipinski definition) is 5. The minimum Gasteiger partial charge on any atom is -0.310 e. The van der Waals surface area contributed by atoms with Crippen molar-refractivity contribution in [2.24, 2.45) is 0 Å². The van der Waals surface area contributed by atoms with E-state index in [4.69, 9.17) is 5.26 Å². The predicted octanol–water partition coefficient (Wildman–Crippen LogP) is 3.18. The van der Waals surface area contributed by atoms with Crippen LogP contribution < -0.4 is 4.90 Å². The highest BCUT2D eigenvalue weighted by atomic mass is 32.2. The van der Waals surface area contributed by atoms with Crippen LogP contribution >= 0.6 is 23.5 Å². The van der Waals surface area contributed by atoms with E-state index in [0.29, 0.717) is 16.3 Å². The Kier molecular flexibility index (Phi) is 4.66. The van der Waals surface area contributed by atoms with Gasteiger partial charge in [-0.2, -0.15) is 5.26 Å². The summed E-state index contributed by atoms with van der Waals surface area (Å²) in [5.74, 6) is 1.30. The van der Waals surface area contributed by atoms with Gasteiger partial charge in [-0.25, -0.2) is 4.98 Å². The van der Waals surface area contributed by atoms with E-state index in [1.165, 1.54) is 11.8 Å². The van der Waals surface area contributed by atoms with E-state index in [-0.39, 0.29) is 5.91 Å². The Morgan fingerprint density at radius 2 is 2.27 bits per heavy atom. The van der Waals surface area contributed by atoms with Crippen LogP contribution in [0.3, 0.4) is 0 Å². The summed E-state index contributed by atoms with van der Waals surface area (Å²) in [5, 5.41) is 9.59. The monoisotopic (exact) mass is 327 g/mol. The molecule has 0 aliphatic carbocycles. The summed E-state index contributed by atoms with van der Waals surface area (Å²) in [6.07, 6.45) is 1.60. The van der Waals surface area contributed by atoms with Crippen molar-refractivity contribution in [1.29, 1.82) is 5.26 Å². The molecule has 4 nitrogen and oxygen atoms in total. The fourth-order valence-electron chi connectivity index (χ4n) is 2.20. The number of carbonyl (C=O) groups excluding carboxylic acids is 1. The largest absolute Gasteiger partial charge is 0.310 e. The second-order valence-electron chi connectivity index (χ2n) is 4.64. The molecule has 0 radical (unpaired) electrons. The highest BCUT2D eigenvalue weighted by Gasteiger charge is 2.22. The Labute approximate surface area is 137 Å². The number of nitrogens with zero attached hydrogens (tertiary/aromatic N) is 3. The number of nitriles is 1. The van der Waals surface area contributed by atoms with Crippen LogP contribution in [0.25, 0.3) is 0 Å². The molecule has 1 aliphatic heterocycles. The Morgan fingerprint density at radius 3 is 3.14 bits per heavy atom. The summed E-state index contributed by atoms with van der Waals surface area (Å²) < 4.78 is 0. The normalized spacial score (nSPS) is 13.3. The van der Waals surface area contributed by atoms with E-state index in [9.17, 15) is 4.79 Å². The van der Waals surface area contributed by atoms with Gasteiger partial charge in [0.2, 0.25) is 5.91 Å². The lowest BCUT2D eigenvalue weighted by atomic mass is 10.3. The number of aromatic nitrogens is 1. The molecule has 0 N–H and O–H groups in total. The van der Waals surface area contributed by atoms with Crippen LogP contribution in [-0.2, 0) is 4.79 Å². The van der Waals surface area contributed by atoms with E-state index >= 15 is 0 Å². The molecule has 110 valence electrons. The average Bonchev–Trinajstić information content (AvgIpc) is 2.59. The fourth-order valence-corrected chi connectivity index (χ4v) is 3.97. The van der Waals surface area contributed by atoms with E-state index in [1.54, 1.807) is 30.1 Å². The third-order valence-electron chi connectivity index (χ3n) is 3.24. The van der Waals surface area contributed by atoms with Gasteiger partial charge >= 0.3 is 0 Å². The molecule has 0 saturated heterocycles. The minimum atomic E-state index is 0.0712. The molecule has 0 atom stereocenters. The van der Waals surface area contributed by atoms with Crippen molar-refractivity contribution in [3.8, 4) is 6.07 Å². The van der Waals surface area contributed by atoms with Crippen molar-refractivity contribution in [1.82, 2.24) is 4.98 Å². The summed E-state index contributed by atoms with van der Waals surface area (Å²) in [7, 11) is 0. The molecule has 1 aromatic heterocycles. The van der Waals surface area contributed by atoms with Crippen LogP contribution in [0.4, 0.5) is 5.69 Å². The lowest BCUT2D eigenvalue weighted by Gasteiger charge is -2.28. The number of rotatable bonds is 3. The smallest absolute Gasteiger partial charge is 0.237 e. The van der Waals surface area contributed by atoms with Crippen molar-refractivity contribution in [2.75, 3.05) is 23.0 Å². The van der Waals surface area contributed by atoms with Gasteiger partial charge in [0.15, 0.2) is 0 Å². The molecule has 6 heteroatoms. The van der Waals surface area contributed by atoms with Crippen LogP contribution in [0.1, 0.15) is 5.56 Å². The van der Waals surface area contributed by atoms with Crippen molar-refractivity contribution >= 4 is 35.1 Å². The minimum absolute atomic E-state index is 0.0712. The van der Waals surface area contributed by atoms with Crippen LogP contribution in [-0.4, -0.2) is 28.9 Å². The second-order valence-corrected chi connectivity index (χ2v) is 6.78. The van der Waals surface area contributed by atoms with Gasteiger partial charge in [0.05, 0.1) is 28.1 Å². The number of fused-ring (bicyclic) bond motifs is 1. The lowest BCUT2D eigenvalue weighted by molar-refractivity contribution is -0.116. The van der Waals surface area contributed by atoms with E-state index in [1.807, 2.05) is 29.2 Å². The van der Waals surface area contributed by atoms with Crippen LogP contribution in [0.2, 0.25) is 0 Å². The molecule has 0 spiro atoms. The number of carbonyl (C=O) groups is 1.